The molecule has 1 N–H and O–H groups in total. The summed E-state index contributed by atoms with van der Waals surface area (Å²) in [5, 5.41) is 4.48. The Morgan fingerprint density at radius 2 is 1.79 bits per heavy atom. The molecule has 9 heteroatoms. The van der Waals surface area contributed by atoms with Crippen molar-refractivity contribution in [3.8, 4) is 11.4 Å². The number of para-hydroxylation sites is 2. The summed E-state index contributed by atoms with van der Waals surface area (Å²) in [6.07, 6.45) is 2.01. The second kappa shape index (κ2) is 7.84. The topological polar surface area (TPSA) is 95.2 Å². The van der Waals surface area contributed by atoms with Gasteiger partial charge >= 0.3 is 5.69 Å². The molecule has 0 atom stereocenters. The SMILES string of the molecule is COc1ccccc1S(=O)(=O)NCCn1nc(C2CC2)n(-c2ccccc2)c1=O. The van der Waals surface area contributed by atoms with E-state index in [2.05, 4.69) is 9.82 Å². The molecule has 0 saturated heterocycles. The highest BCUT2D eigenvalue weighted by atomic mass is 32.2. The lowest BCUT2D eigenvalue weighted by molar-refractivity contribution is 0.402. The zero-order valence-corrected chi connectivity index (χ0v) is 16.8. The van der Waals surface area contributed by atoms with Crippen LogP contribution in [-0.4, -0.2) is 36.4 Å². The van der Waals surface area contributed by atoms with Gasteiger partial charge in [-0.25, -0.2) is 27.2 Å². The van der Waals surface area contributed by atoms with Crippen LogP contribution in [0.1, 0.15) is 24.6 Å². The molecule has 4 rings (SSSR count). The van der Waals surface area contributed by atoms with E-state index in [1.807, 2.05) is 30.3 Å². The van der Waals surface area contributed by atoms with Crippen LogP contribution >= 0.6 is 0 Å². The maximum atomic E-state index is 12.9. The molecule has 8 nitrogen and oxygen atoms in total. The van der Waals surface area contributed by atoms with E-state index in [1.54, 1.807) is 22.8 Å². The number of ether oxygens (including phenoxy) is 1. The van der Waals surface area contributed by atoms with E-state index in [9.17, 15) is 13.2 Å². The highest BCUT2D eigenvalue weighted by Gasteiger charge is 2.31. The lowest BCUT2D eigenvalue weighted by Gasteiger charge is -2.10. The molecule has 0 spiro atoms. The molecule has 0 bridgehead atoms. The minimum Gasteiger partial charge on any atom is -0.495 e. The molecule has 1 aromatic heterocycles. The van der Waals surface area contributed by atoms with Crippen LogP contribution in [0.15, 0.2) is 64.3 Å². The molecule has 3 aromatic rings. The third-order valence-electron chi connectivity index (χ3n) is 4.80. The molecular formula is C20H22N4O4S. The van der Waals surface area contributed by atoms with Gasteiger partial charge in [0, 0.05) is 12.5 Å². The number of hydrogen-bond acceptors (Lipinski definition) is 5. The normalized spacial score (nSPS) is 14.1. The predicted octanol–water partition coefficient (Wildman–Crippen LogP) is 1.90. The van der Waals surface area contributed by atoms with E-state index >= 15 is 0 Å². The van der Waals surface area contributed by atoms with Crippen molar-refractivity contribution in [3.05, 3.63) is 70.9 Å². The van der Waals surface area contributed by atoms with Gasteiger partial charge in [0.15, 0.2) is 0 Å². The van der Waals surface area contributed by atoms with Gasteiger partial charge in [0.25, 0.3) is 0 Å². The third kappa shape index (κ3) is 3.96. The van der Waals surface area contributed by atoms with Crippen LogP contribution in [0.3, 0.4) is 0 Å². The van der Waals surface area contributed by atoms with E-state index < -0.39 is 10.0 Å². The van der Waals surface area contributed by atoms with Crippen molar-refractivity contribution in [2.24, 2.45) is 0 Å². The molecule has 29 heavy (non-hydrogen) atoms. The fourth-order valence-corrected chi connectivity index (χ4v) is 4.39. The molecule has 1 heterocycles. The highest BCUT2D eigenvalue weighted by Crippen LogP contribution is 2.39. The predicted molar refractivity (Wildman–Crippen MR) is 108 cm³/mol. The van der Waals surface area contributed by atoms with Crippen molar-refractivity contribution in [2.75, 3.05) is 13.7 Å². The average molecular weight is 414 g/mol. The quantitative estimate of drug-likeness (QED) is 0.607. The van der Waals surface area contributed by atoms with Crippen LogP contribution in [0.5, 0.6) is 5.75 Å². The van der Waals surface area contributed by atoms with Gasteiger partial charge in [0.1, 0.15) is 16.5 Å². The second-order valence-electron chi connectivity index (χ2n) is 6.86. The smallest absolute Gasteiger partial charge is 0.350 e. The number of benzene rings is 2. The summed E-state index contributed by atoms with van der Waals surface area (Å²) in [6, 6.07) is 15.8. The van der Waals surface area contributed by atoms with Gasteiger partial charge < -0.3 is 4.74 Å². The first-order valence-electron chi connectivity index (χ1n) is 9.39. The average Bonchev–Trinajstić information content (AvgIpc) is 3.53. The summed E-state index contributed by atoms with van der Waals surface area (Å²) in [7, 11) is -2.35. The first kappa shape index (κ1) is 19.4. The van der Waals surface area contributed by atoms with Crippen molar-refractivity contribution < 1.29 is 13.2 Å². The van der Waals surface area contributed by atoms with E-state index in [1.165, 1.54) is 17.9 Å². The van der Waals surface area contributed by atoms with E-state index in [-0.39, 0.29) is 35.3 Å². The number of rotatable bonds is 8. The van der Waals surface area contributed by atoms with Gasteiger partial charge in [0.2, 0.25) is 10.0 Å². The van der Waals surface area contributed by atoms with E-state index in [4.69, 9.17) is 4.74 Å². The highest BCUT2D eigenvalue weighted by molar-refractivity contribution is 7.89. The van der Waals surface area contributed by atoms with Crippen LogP contribution in [0.25, 0.3) is 5.69 Å². The second-order valence-corrected chi connectivity index (χ2v) is 8.59. The molecule has 1 fully saturated rings. The molecule has 1 aliphatic carbocycles. The minimum absolute atomic E-state index is 0.0379. The Hall–Kier alpha value is -2.91. The molecule has 0 radical (unpaired) electrons. The molecule has 1 saturated carbocycles. The first-order chi connectivity index (χ1) is 14.0. The van der Waals surface area contributed by atoms with Crippen LogP contribution in [0.4, 0.5) is 0 Å². The minimum atomic E-state index is -3.77. The Morgan fingerprint density at radius 1 is 1.10 bits per heavy atom. The summed E-state index contributed by atoms with van der Waals surface area (Å²) in [5.74, 6) is 1.27. The number of nitrogens with zero attached hydrogens (tertiary/aromatic N) is 3. The lowest BCUT2D eigenvalue weighted by atomic mass is 10.3. The zero-order chi connectivity index (χ0) is 20.4. The van der Waals surface area contributed by atoms with Crippen molar-refractivity contribution in [3.63, 3.8) is 0 Å². The Balaban J connectivity index is 1.54. The number of nitrogens with one attached hydrogen (secondary N) is 1. The molecule has 0 unspecified atom stereocenters. The van der Waals surface area contributed by atoms with Crippen molar-refractivity contribution in [2.45, 2.75) is 30.2 Å². The maximum absolute atomic E-state index is 12.9. The Kier molecular flexibility index (Phi) is 5.25. The van der Waals surface area contributed by atoms with Gasteiger partial charge in [-0.15, -0.1) is 0 Å². The van der Waals surface area contributed by atoms with Crippen LogP contribution in [0, 0.1) is 0 Å². The summed E-state index contributed by atoms with van der Waals surface area (Å²) >= 11 is 0. The number of sulfonamides is 1. The van der Waals surface area contributed by atoms with Crippen LogP contribution < -0.4 is 15.1 Å². The van der Waals surface area contributed by atoms with Gasteiger partial charge in [0.05, 0.1) is 19.3 Å². The molecule has 0 amide bonds. The van der Waals surface area contributed by atoms with Gasteiger partial charge in [-0.3, -0.25) is 0 Å². The summed E-state index contributed by atoms with van der Waals surface area (Å²) < 4.78 is 35.8. The van der Waals surface area contributed by atoms with Crippen molar-refractivity contribution >= 4 is 10.0 Å². The number of methoxy groups -OCH3 is 1. The Bertz CT molecular complexity index is 1160. The van der Waals surface area contributed by atoms with Gasteiger partial charge in [-0.05, 0) is 37.1 Å². The molecule has 1 aliphatic rings. The van der Waals surface area contributed by atoms with Crippen molar-refractivity contribution in [1.29, 1.82) is 0 Å². The van der Waals surface area contributed by atoms with Gasteiger partial charge in [-0.2, -0.15) is 5.10 Å². The fourth-order valence-electron chi connectivity index (χ4n) is 3.20. The monoisotopic (exact) mass is 414 g/mol. The van der Waals surface area contributed by atoms with E-state index in [0.29, 0.717) is 0 Å². The van der Waals surface area contributed by atoms with E-state index in [0.717, 1.165) is 24.4 Å². The van der Waals surface area contributed by atoms with Crippen molar-refractivity contribution in [1.82, 2.24) is 19.1 Å². The largest absolute Gasteiger partial charge is 0.495 e. The van der Waals surface area contributed by atoms with Crippen LogP contribution in [-0.2, 0) is 16.6 Å². The number of aromatic nitrogens is 3. The molecular weight excluding hydrogens is 392 g/mol. The standard InChI is InChI=1S/C20H22N4O4S/c1-28-17-9-5-6-10-18(17)29(26,27)21-13-14-23-20(25)24(16-7-3-2-4-8-16)19(22-23)15-11-12-15/h2-10,15,21H,11-14H2,1H3. The summed E-state index contributed by atoms with van der Waals surface area (Å²) in [6.45, 7) is 0.170. The fraction of sp³-hybridized carbons (Fsp3) is 0.300. The zero-order valence-electron chi connectivity index (χ0n) is 16.0. The molecule has 152 valence electrons. The third-order valence-corrected chi connectivity index (χ3v) is 6.30. The summed E-state index contributed by atoms with van der Waals surface area (Å²) in [4.78, 5) is 13.0. The first-order valence-corrected chi connectivity index (χ1v) is 10.9. The Morgan fingerprint density at radius 3 is 2.48 bits per heavy atom. The van der Waals surface area contributed by atoms with Crippen LogP contribution in [0.2, 0.25) is 0 Å². The number of hydrogen-bond donors (Lipinski definition) is 1. The maximum Gasteiger partial charge on any atom is 0.350 e. The molecule has 0 aliphatic heterocycles. The molecule has 2 aromatic carbocycles. The van der Waals surface area contributed by atoms with Gasteiger partial charge in [-0.1, -0.05) is 30.3 Å². The summed E-state index contributed by atoms with van der Waals surface area (Å²) in [5.41, 5.74) is 0.495. The lowest BCUT2D eigenvalue weighted by Crippen LogP contribution is -2.32. The Labute approximate surface area is 168 Å².